The van der Waals surface area contributed by atoms with Crippen LogP contribution in [-0.2, 0) is 4.79 Å². The average molecular weight is 359 g/mol. The number of benzene rings is 1. The molecule has 2 aliphatic rings. The minimum atomic E-state index is -0.763. The van der Waals surface area contributed by atoms with Crippen LogP contribution >= 0.6 is 15.9 Å². The lowest BCUT2D eigenvalue weighted by Gasteiger charge is -2.28. The summed E-state index contributed by atoms with van der Waals surface area (Å²) in [6.07, 6.45) is 4.59. The number of hydrogen-bond donors (Lipinski definition) is 2. The summed E-state index contributed by atoms with van der Waals surface area (Å²) in [5, 5.41) is 5.88. The highest BCUT2D eigenvalue weighted by atomic mass is 79.9. The zero-order valence-electron chi connectivity index (χ0n) is 11.5. The second-order valence-corrected chi connectivity index (χ2v) is 6.89. The molecule has 2 heterocycles. The Morgan fingerprint density at radius 3 is 2.38 bits per heavy atom. The summed E-state index contributed by atoms with van der Waals surface area (Å²) >= 11 is 3.01. The molecule has 3 nitrogen and oxygen atoms in total. The van der Waals surface area contributed by atoms with Crippen LogP contribution in [0.25, 0.3) is 0 Å². The van der Waals surface area contributed by atoms with Crippen molar-refractivity contribution in [2.24, 2.45) is 5.92 Å². The molecule has 2 atom stereocenters. The molecule has 0 radical (unpaired) electrons. The van der Waals surface area contributed by atoms with Gasteiger partial charge in [-0.2, -0.15) is 0 Å². The quantitative estimate of drug-likeness (QED) is 0.866. The van der Waals surface area contributed by atoms with Gasteiger partial charge in [0.05, 0.1) is 0 Å². The van der Waals surface area contributed by atoms with Crippen LogP contribution in [0.1, 0.15) is 32.1 Å². The fraction of sp³-hybridized carbons (Fsp3) is 0.533. The van der Waals surface area contributed by atoms with E-state index in [0.29, 0.717) is 28.9 Å². The third kappa shape index (κ3) is 3.43. The summed E-state index contributed by atoms with van der Waals surface area (Å²) in [5.74, 6) is -1.55. The highest BCUT2D eigenvalue weighted by Gasteiger charge is 2.34. The standard InChI is InChI=1S/C15H17BrF2N2O/c16-9-6-12(17)15(13(18)7-9)20-14(21)5-8-3-10-1-2-11(4-8)19-10/h6-8,10-11,19H,1-5H2,(H,20,21). The van der Waals surface area contributed by atoms with Crippen LogP contribution < -0.4 is 10.6 Å². The molecule has 0 aliphatic carbocycles. The molecule has 0 spiro atoms. The maximum Gasteiger partial charge on any atom is 0.224 e. The fourth-order valence-electron chi connectivity index (χ4n) is 3.46. The van der Waals surface area contributed by atoms with Crippen molar-refractivity contribution in [3.8, 4) is 0 Å². The molecular formula is C15H17BrF2N2O. The molecule has 2 unspecified atom stereocenters. The zero-order chi connectivity index (χ0) is 15.0. The van der Waals surface area contributed by atoms with E-state index in [1.54, 1.807) is 0 Å². The zero-order valence-corrected chi connectivity index (χ0v) is 13.1. The summed E-state index contributed by atoms with van der Waals surface area (Å²) in [4.78, 5) is 12.0. The number of rotatable bonds is 3. The Kier molecular flexibility index (Phi) is 4.26. The first-order valence-electron chi connectivity index (χ1n) is 7.21. The molecule has 2 saturated heterocycles. The molecule has 2 aliphatic heterocycles. The lowest BCUT2D eigenvalue weighted by atomic mass is 9.89. The summed E-state index contributed by atoms with van der Waals surface area (Å²) in [6.45, 7) is 0. The SMILES string of the molecule is O=C(CC1CC2CCC(C1)N2)Nc1c(F)cc(Br)cc1F. The molecule has 1 aromatic rings. The van der Waals surface area contributed by atoms with E-state index in [2.05, 4.69) is 26.6 Å². The van der Waals surface area contributed by atoms with Crippen molar-refractivity contribution in [3.05, 3.63) is 28.2 Å². The molecule has 21 heavy (non-hydrogen) atoms. The van der Waals surface area contributed by atoms with Gasteiger partial charge in [-0.05, 0) is 43.7 Å². The van der Waals surface area contributed by atoms with Crippen molar-refractivity contribution in [1.82, 2.24) is 5.32 Å². The number of carbonyl (C=O) groups excluding carboxylic acids is 1. The third-order valence-electron chi connectivity index (χ3n) is 4.32. The first-order chi connectivity index (χ1) is 10.0. The largest absolute Gasteiger partial charge is 0.321 e. The first-order valence-corrected chi connectivity index (χ1v) is 8.01. The molecular weight excluding hydrogens is 342 g/mol. The topological polar surface area (TPSA) is 41.1 Å². The van der Waals surface area contributed by atoms with Gasteiger partial charge in [-0.25, -0.2) is 8.78 Å². The van der Waals surface area contributed by atoms with Crippen molar-refractivity contribution in [3.63, 3.8) is 0 Å². The van der Waals surface area contributed by atoms with E-state index in [1.807, 2.05) is 0 Å². The number of hydrogen-bond acceptors (Lipinski definition) is 2. The number of carbonyl (C=O) groups is 1. The summed E-state index contributed by atoms with van der Waals surface area (Å²) in [7, 11) is 0. The van der Waals surface area contributed by atoms with Crippen LogP contribution in [0.15, 0.2) is 16.6 Å². The van der Waals surface area contributed by atoms with Gasteiger partial charge in [0.1, 0.15) is 5.69 Å². The van der Waals surface area contributed by atoms with Crippen molar-refractivity contribution in [2.75, 3.05) is 5.32 Å². The summed E-state index contributed by atoms with van der Waals surface area (Å²) < 4.78 is 27.7. The normalized spacial score (nSPS) is 27.7. The predicted octanol–water partition coefficient (Wildman–Crippen LogP) is 3.59. The number of anilines is 1. The Morgan fingerprint density at radius 1 is 1.24 bits per heavy atom. The van der Waals surface area contributed by atoms with Gasteiger partial charge in [0.2, 0.25) is 5.91 Å². The molecule has 0 aromatic heterocycles. The van der Waals surface area contributed by atoms with Crippen molar-refractivity contribution in [1.29, 1.82) is 0 Å². The van der Waals surface area contributed by atoms with E-state index in [1.165, 1.54) is 12.8 Å². The molecule has 2 bridgehead atoms. The Hall–Kier alpha value is -1.01. The average Bonchev–Trinajstić information content (AvgIpc) is 2.73. The van der Waals surface area contributed by atoms with Crippen LogP contribution in [0.4, 0.5) is 14.5 Å². The lowest BCUT2D eigenvalue weighted by Crippen LogP contribution is -2.39. The maximum atomic E-state index is 13.7. The molecule has 2 N–H and O–H groups in total. The third-order valence-corrected chi connectivity index (χ3v) is 4.77. The number of piperidine rings is 1. The van der Waals surface area contributed by atoms with E-state index < -0.39 is 11.6 Å². The van der Waals surface area contributed by atoms with Crippen LogP contribution in [0, 0.1) is 17.6 Å². The molecule has 0 saturated carbocycles. The van der Waals surface area contributed by atoms with E-state index in [0.717, 1.165) is 25.0 Å². The van der Waals surface area contributed by atoms with Crippen LogP contribution in [-0.4, -0.2) is 18.0 Å². The maximum absolute atomic E-state index is 13.7. The van der Waals surface area contributed by atoms with Crippen LogP contribution in [0.3, 0.4) is 0 Å². The number of amides is 1. The van der Waals surface area contributed by atoms with E-state index >= 15 is 0 Å². The Balaban J connectivity index is 1.62. The second-order valence-electron chi connectivity index (χ2n) is 5.97. The van der Waals surface area contributed by atoms with Gasteiger partial charge < -0.3 is 10.6 Å². The van der Waals surface area contributed by atoms with Crippen LogP contribution in [0.5, 0.6) is 0 Å². The smallest absolute Gasteiger partial charge is 0.224 e. The van der Waals surface area contributed by atoms with Crippen molar-refractivity contribution < 1.29 is 13.6 Å². The molecule has 1 amide bonds. The van der Waals surface area contributed by atoms with Gasteiger partial charge in [-0.1, -0.05) is 15.9 Å². The predicted molar refractivity (Wildman–Crippen MR) is 80.0 cm³/mol. The number of nitrogens with one attached hydrogen (secondary N) is 2. The van der Waals surface area contributed by atoms with Crippen molar-refractivity contribution in [2.45, 2.75) is 44.2 Å². The van der Waals surface area contributed by atoms with E-state index in [-0.39, 0.29) is 11.6 Å². The molecule has 2 fully saturated rings. The van der Waals surface area contributed by atoms with Crippen molar-refractivity contribution >= 4 is 27.5 Å². The first kappa shape index (κ1) is 14.9. The fourth-order valence-corrected chi connectivity index (χ4v) is 3.86. The van der Waals surface area contributed by atoms with Gasteiger partial charge >= 0.3 is 0 Å². The number of halogens is 3. The number of fused-ring (bicyclic) bond motifs is 2. The summed E-state index contributed by atoms with van der Waals surface area (Å²) in [6, 6.07) is 3.29. The Morgan fingerprint density at radius 2 is 1.81 bits per heavy atom. The van der Waals surface area contributed by atoms with E-state index in [9.17, 15) is 13.6 Å². The summed E-state index contributed by atoms with van der Waals surface area (Å²) in [5.41, 5.74) is -0.361. The Labute approximate surface area is 130 Å². The van der Waals surface area contributed by atoms with Gasteiger partial charge in [0.15, 0.2) is 11.6 Å². The monoisotopic (exact) mass is 358 g/mol. The second kappa shape index (κ2) is 6.01. The highest BCUT2D eigenvalue weighted by molar-refractivity contribution is 9.10. The molecule has 114 valence electrons. The minimum absolute atomic E-state index is 0.297. The van der Waals surface area contributed by atoms with E-state index in [4.69, 9.17) is 0 Å². The lowest BCUT2D eigenvalue weighted by molar-refractivity contribution is -0.117. The molecule has 3 rings (SSSR count). The molecule has 6 heteroatoms. The minimum Gasteiger partial charge on any atom is -0.321 e. The van der Waals surface area contributed by atoms with Gasteiger partial charge in [-0.3, -0.25) is 4.79 Å². The Bertz CT molecular complexity index is 532. The van der Waals surface area contributed by atoms with Gasteiger partial charge in [-0.15, -0.1) is 0 Å². The van der Waals surface area contributed by atoms with Crippen LogP contribution in [0.2, 0.25) is 0 Å². The molecule has 1 aromatic carbocycles. The highest BCUT2D eigenvalue weighted by Crippen LogP contribution is 2.33. The van der Waals surface area contributed by atoms with Gasteiger partial charge in [0, 0.05) is 23.0 Å². The van der Waals surface area contributed by atoms with Gasteiger partial charge in [0.25, 0.3) is 0 Å².